The van der Waals surface area contributed by atoms with E-state index in [0.717, 1.165) is 10.5 Å². The number of hydrogen-bond donors (Lipinski definition) is 0. The number of Topliss-reactive ketones (excluding diaryl/α,β-unsaturated/α-hetero) is 1. The number of carbonyl (C=O) groups excluding carboxylic acids is 5. The standard InChI is InChI=1S/C27H22N4O8/c1-4-38-27(37)21-18(14(3)31(28-21)17-9-5-13(2)6-10-17)22(32)20-19-23(39-29-20)25(34)30(24(19)33)16-11-7-15(8-12-16)26(35)36/h5-12,19,23H,4H2,1-3H3,(H,35,36)/p-1/t19-,23+/m0/s1. The van der Waals surface area contributed by atoms with E-state index in [0.29, 0.717) is 11.4 Å². The molecule has 0 bridgehead atoms. The van der Waals surface area contributed by atoms with Gasteiger partial charge < -0.3 is 19.5 Å². The molecule has 2 atom stereocenters. The summed E-state index contributed by atoms with van der Waals surface area (Å²) in [6.45, 7) is 5.15. The first kappa shape index (κ1) is 25.5. The Morgan fingerprint density at radius 2 is 1.62 bits per heavy atom. The van der Waals surface area contributed by atoms with Crippen molar-refractivity contribution in [3.63, 3.8) is 0 Å². The van der Waals surface area contributed by atoms with E-state index in [1.165, 1.54) is 28.9 Å². The second-order valence-corrected chi connectivity index (χ2v) is 8.93. The van der Waals surface area contributed by atoms with E-state index in [-0.39, 0.29) is 34.8 Å². The molecule has 5 rings (SSSR count). The maximum Gasteiger partial charge on any atom is 0.359 e. The quantitative estimate of drug-likeness (QED) is 0.248. The van der Waals surface area contributed by atoms with Gasteiger partial charge >= 0.3 is 5.97 Å². The molecule has 12 heteroatoms. The number of ether oxygens (including phenoxy) is 1. The van der Waals surface area contributed by atoms with Gasteiger partial charge in [0.2, 0.25) is 17.8 Å². The summed E-state index contributed by atoms with van der Waals surface area (Å²) in [6, 6.07) is 12.2. The number of aromatic nitrogens is 2. The van der Waals surface area contributed by atoms with Crippen molar-refractivity contribution in [1.29, 1.82) is 0 Å². The molecule has 2 aliphatic rings. The third-order valence-corrected chi connectivity index (χ3v) is 6.50. The Bertz CT molecular complexity index is 1570. The topological polar surface area (TPSA) is 160 Å². The maximum absolute atomic E-state index is 13.8. The van der Waals surface area contributed by atoms with Crippen molar-refractivity contribution < 1.29 is 38.7 Å². The van der Waals surface area contributed by atoms with Crippen LogP contribution in [0.2, 0.25) is 0 Å². The molecule has 198 valence electrons. The molecule has 2 aromatic carbocycles. The Kier molecular flexibility index (Phi) is 6.30. The Morgan fingerprint density at radius 1 is 0.974 bits per heavy atom. The van der Waals surface area contributed by atoms with Crippen molar-refractivity contribution in [2.45, 2.75) is 26.9 Å². The van der Waals surface area contributed by atoms with Crippen LogP contribution in [0, 0.1) is 19.8 Å². The highest BCUT2D eigenvalue weighted by Crippen LogP contribution is 2.35. The SMILES string of the molecule is CCOC(=O)c1nn(-c2ccc(C)cc2)c(C)c1C(=O)C1=NO[C@H]2C(=O)N(c3ccc(C(=O)[O-])cc3)C(=O)[C@@H]12. The third-order valence-electron chi connectivity index (χ3n) is 6.50. The lowest BCUT2D eigenvalue weighted by Gasteiger charge is -2.16. The number of rotatable bonds is 7. The number of aryl methyl sites for hydroxylation is 1. The normalized spacial score (nSPS) is 18.0. The number of carbonyl (C=O) groups is 5. The van der Waals surface area contributed by atoms with Crippen LogP contribution in [0.5, 0.6) is 0 Å². The average Bonchev–Trinajstić information content (AvgIpc) is 3.57. The van der Waals surface area contributed by atoms with Crippen molar-refractivity contribution in [2.75, 3.05) is 11.5 Å². The molecular weight excluding hydrogens is 508 g/mol. The van der Waals surface area contributed by atoms with E-state index >= 15 is 0 Å². The Labute approximate surface area is 221 Å². The molecule has 3 heterocycles. The molecule has 0 saturated carbocycles. The van der Waals surface area contributed by atoms with E-state index in [4.69, 9.17) is 9.57 Å². The fraction of sp³-hybridized carbons (Fsp3) is 0.222. The number of hydrogen-bond acceptors (Lipinski definition) is 10. The average molecular weight is 529 g/mol. The number of esters is 1. The fourth-order valence-electron chi connectivity index (χ4n) is 4.55. The number of aromatic carboxylic acids is 1. The largest absolute Gasteiger partial charge is 0.545 e. The molecule has 0 aliphatic carbocycles. The Balaban J connectivity index is 1.52. The molecule has 3 aromatic rings. The van der Waals surface area contributed by atoms with E-state index in [1.807, 2.05) is 19.1 Å². The molecule has 1 aromatic heterocycles. The minimum absolute atomic E-state index is 0.0380. The van der Waals surface area contributed by atoms with Gasteiger partial charge in [-0.3, -0.25) is 14.4 Å². The predicted octanol–water partition coefficient (Wildman–Crippen LogP) is 1.16. The summed E-state index contributed by atoms with van der Waals surface area (Å²) < 4.78 is 6.53. The number of oxime groups is 1. The number of nitrogens with zero attached hydrogens (tertiary/aromatic N) is 4. The van der Waals surface area contributed by atoms with Gasteiger partial charge in [0, 0.05) is 0 Å². The maximum atomic E-state index is 13.8. The first-order chi connectivity index (χ1) is 18.6. The molecule has 0 N–H and O–H groups in total. The summed E-state index contributed by atoms with van der Waals surface area (Å²) in [5, 5.41) is 19.2. The van der Waals surface area contributed by atoms with Crippen molar-refractivity contribution in [2.24, 2.45) is 11.1 Å². The second-order valence-electron chi connectivity index (χ2n) is 8.93. The van der Waals surface area contributed by atoms with Crippen molar-refractivity contribution in [1.82, 2.24) is 9.78 Å². The molecule has 2 amide bonds. The Morgan fingerprint density at radius 3 is 2.23 bits per heavy atom. The molecule has 0 unspecified atom stereocenters. The van der Waals surface area contributed by atoms with Gasteiger partial charge in [-0.2, -0.15) is 5.10 Å². The van der Waals surface area contributed by atoms with Crippen LogP contribution in [0.1, 0.15) is 49.4 Å². The lowest BCUT2D eigenvalue weighted by molar-refractivity contribution is -0.255. The molecule has 0 spiro atoms. The monoisotopic (exact) mass is 529 g/mol. The van der Waals surface area contributed by atoms with Gasteiger partial charge in [0.1, 0.15) is 11.6 Å². The van der Waals surface area contributed by atoms with E-state index < -0.39 is 41.6 Å². The van der Waals surface area contributed by atoms with Crippen molar-refractivity contribution >= 4 is 40.9 Å². The van der Waals surface area contributed by atoms with Crippen LogP contribution in [0.4, 0.5) is 5.69 Å². The molecule has 1 saturated heterocycles. The van der Waals surface area contributed by atoms with Crippen LogP contribution in [-0.4, -0.2) is 57.7 Å². The smallest absolute Gasteiger partial charge is 0.359 e. The summed E-state index contributed by atoms with van der Waals surface area (Å²) in [6.07, 6.45) is -1.39. The minimum atomic E-state index is -1.42. The van der Waals surface area contributed by atoms with Gasteiger partial charge in [-0.25, -0.2) is 14.4 Å². The van der Waals surface area contributed by atoms with Gasteiger partial charge in [0.15, 0.2) is 5.69 Å². The van der Waals surface area contributed by atoms with Crippen LogP contribution in [-0.2, 0) is 19.2 Å². The molecule has 0 radical (unpaired) electrons. The molecular formula is C27H21N4O8-. The van der Waals surface area contributed by atoms with Crippen molar-refractivity contribution in [3.05, 3.63) is 76.6 Å². The summed E-state index contributed by atoms with van der Waals surface area (Å²) in [7, 11) is 0. The van der Waals surface area contributed by atoms with Gasteiger partial charge in [-0.1, -0.05) is 35.0 Å². The Hall–Kier alpha value is -5.13. The van der Waals surface area contributed by atoms with E-state index in [2.05, 4.69) is 10.3 Å². The van der Waals surface area contributed by atoms with E-state index in [1.54, 1.807) is 26.0 Å². The zero-order chi connectivity index (χ0) is 28.0. The van der Waals surface area contributed by atoms with Crippen LogP contribution < -0.4 is 10.0 Å². The molecule has 2 aliphatic heterocycles. The number of ketones is 1. The van der Waals surface area contributed by atoms with Gasteiger partial charge in [-0.05, 0) is 50.6 Å². The first-order valence-corrected chi connectivity index (χ1v) is 12.0. The molecule has 39 heavy (non-hydrogen) atoms. The fourth-order valence-corrected chi connectivity index (χ4v) is 4.55. The summed E-state index contributed by atoms with van der Waals surface area (Å²) in [5.41, 5.74) is 1.08. The summed E-state index contributed by atoms with van der Waals surface area (Å²) in [4.78, 5) is 70.1. The van der Waals surface area contributed by atoms with Gasteiger partial charge in [0.25, 0.3) is 5.91 Å². The molecule has 1 fully saturated rings. The first-order valence-electron chi connectivity index (χ1n) is 12.0. The van der Waals surface area contributed by atoms with Crippen LogP contribution in [0.25, 0.3) is 5.69 Å². The number of anilines is 1. The highest BCUT2D eigenvalue weighted by Gasteiger charge is 2.58. The number of carboxylic acid groups (broad SMARTS) is 1. The zero-order valence-electron chi connectivity index (χ0n) is 21.0. The van der Waals surface area contributed by atoms with Crippen molar-refractivity contribution in [3.8, 4) is 5.69 Å². The lowest BCUT2D eigenvalue weighted by Crippen LogP contribution is -2.35. The minimum Gasteiger partial charge on any atom is -0.545 e. The van der Waals surface area contributed by atoms with Crippen LogP contribution >= 0.6 is 0 Å². The van der Waals surface area contributed by atoms with Crippen LogP contribution in [0.3, 0.4) is 0 Å². The van der Waals surface area contributed by atoms with Gasteiger partial charge in [-0.15, -0.1) is 0 Å². The highest BCUT2D eigenvalue weighted by molar-refractivity contribution is 6.53. The number of fused-ring (bicyclic) bond motifs is 1. The van der Waals surface area contributed by atoms with Gasteiger partial charge in [0.05, 0.1) is 35.2 Å². The number of amides is 2. The summed E-state index contributed by atoms with van der Waals surface area (Å²) in [5.74, 6) is -5.98. The summed E-state index contributed by atoms with van der Waals surface area (Å²) >= 11 is 0. The van der Waals surface area contributed by atoms with E-state index in [9.17, 15) is 29.1 Å². The third kappa shape index (κ3) is 4.15. The second kappa shape index (κ2) is 9.63. The number of benzene rings is 2. The zero-order valence-corrected chi connectivity index (χ0v) is 21.0. The number of imide groups is 1. The van der Waals surface area contributed by atoms with Crippen LogP contribution in [0.15, 0.2) is 53.7 Å². The highest BCUT2D eigenvalue weighted by atomic mass is 16.7. The lowest BCUT2D eigenvalue weighted by atomic mass is 9.92. The molecule has 12 nitrogen and oxygen atoms in total. The number of carboxylic acids is 1. The predicted molar refractivity (Wildman–Crippen MR) is 132 cm³/mol.